The van der Waals surface area contributed by atoms with Gasteiger partial charge in [0.1, 0.15) is 24.1 Å². The molecule has 0 aliphatic carbocycles. The first kappa shape index (κ1) is 37.1. The highest BCUT2D eigenvalue weighted by Crippen LogP contribution is 2.29. The van der Waals surface area contributed by atoms with Crippen molar-refractivity contribution in [3.05, 3.63) is 155 Å². The molecule has 51 heavy (non-hydrogen) atoms. The molecule has 1 atom stereocenters. The second-order valence-corrected chi connectivity index (χ2v) is 15.6. The highest BCUT2D eigenvalue weighted by Gasteiger charge is 2.36. The van der Waals surface area contributed by atoms with Crippen molar-refractivity contribution in [1.29, 1.82) is 0 Å². The van der Waals surface area contributed by atoms with Gasteiger partial charge in [-0.3, -0.25) is 13.9 Å². The van der Waals surface area contributed by atoms with E-state index in [-0.39, 0.29) is 29.5 Å². The van der Waals surface area contributed by atoms with Gasteiger partial charge in [0.25, 0.3) is 10.0 Å². The molecule has 0 spiro atoms. The number of ether oxygens (including phenoxy) is 1. The molecule has 8 nitrogen and oxygen atoms in total. The van der Waals surface area contributed by atoms with Crippen LogP contribution in [0.15, 0.2) is 138 Å². The summed E-state index contributed by atoms with van der Waals surface area (Å²) in [6.07, 6.45) is 0.190. The van der Waals surface area contributed by atoms with Crippen molar-refractivity contribution >= 4 is 39.1 Å². The second-order valence-electron chi connectivity index (χ2n) is 13.3. The summed E-state index contributed by atoms with van der Waals surface area (Å²) >= 11 is 6.61. The zero-order valence-electron chi connectivity index (χ0n) is 29.1. The van der Waals surface area contributed by atoms with Crippen molar-refractivity contribution in [2.45, 2.75) is 57.1 Å². The Kier molecular flexibility index (Phi) is 11.8. The molecule has 0 bridgehead atoms. The number of rotatable bonds is 13. The van der Waals surface area contributed by atoms with Crippen LogP contribution in [0, 0.1) is 6.92 Å². The zero-order chi connectivity index (χ0) is 36.6. The van der Waals surface area contributed by atoms with E-state index < -0.39 is 34.1 Å². The Hall–Kier alpha value is -5.12. The number of para-hydroxylation sites is 1. The molecule has 1 unspecified atom stereocenters. The van der Waals surface area contributed by atoms with Crippen LogP contribution >= 0.6 is 11.6 Å². The largest absolute Gasteiger partial charge is 0.457 e. The lowest BCUT2D eigenvalue weighted by atomic mass is 10.0. The van der Waals surface area contributed by atoms with Crippen LogP contribution in [-0.2, 0) is 32.6 Å². The molecule has 10 heteroatoms. The lowest BCUT2D eigenvalue weighted by molar-refractivity contribution is -0.140. The molecular weight excluding hydrogens is 682 g/mol. The number of sulfonamides is 1. The Labute approximate surface area is 305 Å². The van der Waals surface area contributed by atoms with E-state index in [1.165, 1.54) is 17.0 Å². The van der Waals surface area contributed by atoms with Gasteiger partial charge in [0.15, 0.2) is 0 Å². The Bertz CT molecular complexity index is 2030. The fourth-order valence-corrected chi connectivity index (χ4v) is 7.10. The molecule has 264 valence electrons. The van der Waals surface area contributed by atoms with Crippen LogP contribution in [0.25, 0.3) is 0 Å². The molecule has 0 aliphatic heterocycles. The van der Waals surface area contributed by atoms with Gasteiger partial charge in [-0.1, -0.05) is 96.0 Å². The van der Waals surface area contributed by atoms with Crippen LogP contribution in [0.2, 0.25) is 5.02 Å². The summed E-state index contributed by atoms with van der Waals surface area (Å²) in [4.78, 5) is 30.3. The average molecular weight is 724 g/mol. The molecule has 0 aliphatic rings. The Morgan fingerprint density at radius 3 is 1.94 bits per heavy atom. The molecule has 0 aromatic heterocycles. The number of carbonyl (C=O) groups is 2. The summed E-state index contributed by atoms with van der Waals surface area (Å²) in [5.74, 6) is 0.158. The second kappa shape index (κ2) is 16.3. The van der Waals surface area contributed by atoms with Crippen molar-refractivity contribution in [3.8, 4) is 11.5 Å². The van der Waals surface area contributed by atoms with Crippen molar-refractivity contribution < 1.29 is 22.7 Å². The van der Waals surface area contributed by atoms with Gasteiger partial charge in [0, 0.05) is 23.5 Å². The predicted octanol–water partition coefficient (Wildman–Crippen LogP) is 8.19. The van der Waals surface area contributed by atoms with Gasteiger partial charge in [-0.2, -0.15) is 0 Å². The number of anilines is 1. The fraction of sp³-hybridized carbons (Fsp3) is 0.220. The van der Waals surface area contributed by atoms with Gasteiger partial charge in [0.05, 0.1) is 10.6 Å². The molecule has 0 radical (unpaired) electrons. The first-order valence-electron chi connectivity index (χ1n) is 16.6. The van der Waals surface area contributed by atoms with Gasteiger partial charge in [-0.25, -0.2) is 8.42 Å². The summed E-state index contributed by atoms with van der Waals surface area (Å²) in [6.45, 7) is 6.85. The van der Waals surface area contributed by atoms with Crippen LogP contribution in [0.4, 0.5) is 5.69 Å². The Morgan fingerprint density at radius 2 is 1.33 bits per heavy atom. The smallest absolute Gasteiger partial charge is 0.264 e. The maximum absolute atomic E-state index is 14.8. The van der Waals surface area contributed by atoms with Crippen molar-refractivity contribution in [1.82, 2.24) is 10.2 Å². The van der Waals surface area contributed by atoms with Gasteiger partial charge < -0.3 is 15.0 Å². The molecule has 1 N–H and O–H groups in total. The maximum atomic E-state index is 14.8. The first-order chi connectivity index (χ1) is 24.3. The van der Waals surface area contributed by atoms with Crippen LogP contribution in [-0.4, -0.2) is 43.3 Å². The minimum absolute atomic E-state index is 0.0227. The number of aryl methyl sites for hydroxylation is 1. The third-order valence-corrected chi connectivity index (χ3v) is 10.2. The third kappa shape index (κ3) is 9.99. The molecule has 0 heterocycles. The van der Waals surface area contributed by atoms with E-state index in [1.54, 1.807) is 60.7 Å². The van der Waals surface area contributed by atoms with E-state index >= 15 is 0 Å². The molecular formula is C41H42ClN3O5S. The minimum Gasteiger partial charge on any atom is -0.457 e. The molecule has 5 rings (SSSR count). The highest BCUT2D eigenvalue weighted by molar-refractivity contribution is 7.92. The molecule has 0 fully saturated rings. The molecule has 5 aromatic rings. The van der Waals surface area contributed by atoms with Crippen molar-refractivity contribution in [3.63, 3.8) is 0 Å². The Balaban J connectivity index is 1.57. The number of hydrogen-bond acceptors (Lipinski definition) is 5. The number of carbonyl (C=O) groups excluding carboxylic acids is 2. The highest BCUT2D eigenvalue weighted by atomic mass is 35.5. The standard InChI is InChI=1S/C41H42ClN3O5S/c1-30-19-25-36(26-20-30)51(48,49)45(33-21-23-35(24-22-33)50-34-16-9-6-10-17-34)29-39(46)44(28-32-15-11-12-18-37(32)42)38(40(47)43-41(2,3)4)27-31-13-7-5-8-14-31/h5-26,38H,27-29H2,1-4H3,(H,43,47). The summed E-state index contributed by atoms with van der Waals surface area (Å²) < 4.78 is 35.8. The topological polar surface area (TPSA) is 96.0 Å². The van der Waals surface area contributed by atoms with E-state index in [1.807, 2.05) is 88.4 Å². The van der Waals surface area contributed by atoms with E-state index in [0.717, 1.165) is 15.4 Å². The number of benzene rings is 5. The molecule has 0 saturated heterocycles. The van der Waals surface area contributed by atoms with E-state index in [2.05, 4.69) is 5.32 Å². The summed E-state index contributed by atoms with van der Waals surface area (Å²) in [5.41, 5.74) is 1.99. The van der Waals surface area contributed by atoms with Crippen LogP contribution in [0.3, 0.4) is 0 Å². The summed E-state index contributed by atoms with van der Waals surface area (Å²) in [5, 5.41) is 3.46. The lowest BCUT2D eigenvalue weighted by Crippen LogP contribution is -2.56. The number of amides is 2. The normalized spacial score (nSPS) is 12.1. The fourth-order valence-electron chi connectivity index (χ4n) is 5.49. The predicted molar refractivity (Wildman–Crippen MR) is 203 cm³/mol. The van der Waals surface area contributed by atoms with E-state index in [9.17, 15) is 18.0 Å². The van der Waals surface area contributed by atoms with Gasteiger partial charge in [0.2, 0.25) is 11.8 Å². The third-order valence-electron chi connectivity index (χ3n) is 8.06. The Morgan fingerprint density at radius 1 is 0.765 bits per heavy atom. The van der Waals surface area contributed by atoms with Crippen molar-refractivity contribution in [2.24, 2.45) is 0 Å². The van der Waals surface area contributed by atoms with Gasteiger partial charge >= 0.3 is 0 Å². The number of halogens is 1. The van der Waals surface area contributed by atoms with Crippen LogP contribution in [0.5, 0.6) is 11.5 Å². The van der Waals surface area contributed by atoms with Crippen LogP contribution < -0.4 is 14.4 Å². The number of nitrogens with zero attached hydrogens (tertiary/aromatic N) is 2. The number of hydrogen-bond donors (Lipinski definition) is 1. The summed E-state index contributed by atoms with van der Waals surface area (Å²) in [7, 11) is -4.27. The van der Waals surface area contributed by atoms with Crippen LogP contribution in [0.1, 0.15) is 37.5 Å². The minimum atomic E-state index is -4.27. The average Bonchev–Trinajstić information content (AvgIpc) is 3.10. The quantitative estimate of drug-likeness (QED) is 0.132. The SMILES string of the molecule is Cc1ccc(S(=O)(=O)N(CC(=O)N(Cc2ccccc2Cl)C(Cc2ccccc2)C(=O)NC(C)(C)C)c2ccc(Oc3ccccc3)cc2)cc1. The summed E-state index contributed by atoms with van der Waals surface area (Å²) in [6, 6.07) is 37.7. The van der Waals surface area contributed by atoms with E-state index in [4.69, 9.17) is 16.3 Å². The monoisotopic (exact) mass is 723 g/mol. The maximum Gasteiger partial charge on any atom is 0.264 e. The first-order valence-corrected chi connectivity index (χ1v) is 18.4. The zero-order valence-corrected chi connectivity index (χ0v) is 30.7. The molecule has 2 amide bonds. The molecule has 0 saturated carbocycles. The van der Waals surface area contributed by atoms with Gasteiger partial charge in [-0.15, -0.1) is 0 Å². The van der Waals surface area contributed by atoms with Gasteiger partial charge in [-0.05, 0) is 93.4 Å². The lowest BCUT2D eigenvalue weighted by Gasteiger charge is -2.35. The number of nitrogens with one attached hydrogen (secondary N) is 1. The van der Waals surface area contributed by atoms with Crippen molar-refractivity contribution in [2.75, 3.05) is 10.8 Å². The molecule has 5 aromatic carbocycles. The van der Waals surface area contributed by atoms with E-state index in [0.29, 0.717) is 22.1 Å².